The number of hydrogen-bond acceptors (Lipinski definition) is 4. The Hall–Kier alpha value is -0.660. The van der Waals surface area contributed by atoms with Crippen molar-refractivity contribution in [1.29, 1.82) is 0 Å². The summed E-state index contributed by atoms with van der Waals surface area (Å²) >= 11 is 0. The summed E-state index contributed by atoms with van der Waals surface area (Å²) in [6, 6.07) is 3.05. The van der Waals surface area contributed by atoms with Crippen molar-refractivity contribution in [2.24, 2.45) is 0 Å². The molecule has 1 saturated heterocycles. The molecule has 0 N–H and O–H groups in total. The highest BCUT2D eigenvalue weighted by molar-refractivity contribution is 7.89. The van der Waals surface area contributed by atoms with Gasteiger partial charge in [-0.1, -0.05) is 6.92 Å². The van der Waals surface area contributed by atoms with Gasteiger partial charge in [-0.25, -0.2) is 8.42 Å². The van der Waals surface area contributed by atoms with E-state index in [9.17, 15) is 12.6 Å². The first kappa shape index (κ1) is 13.8. The summed E-state index contributed by atoms with van der Waals surface area (Å²) in [5, 5.41) is -0.0347. The second-order valence-electron chi connectivity index (χ2n) is 4.20. The quantitative estimate of drug-likeness (QED) is 0.821. The van der Waals surface area contributed by atoms with Crippen LogP contribution in [0.4, 0.5) is 0 Å². The van der Waals surface area contributed by atoms with Gasteiger partial charge in [-0.05, 0) is 25.0 Å². The van der Waals surface area contributed by atoms with Gasteiger partial charge in [0.1, 0.15) is 5.76 Å². The van der Waals surface area contributed by atoms with Gasteiger partial charge < -0.3 is 4.42 Å². The van der Waals surface area contributed by atoms with Crippen LogP contribution in [0.15, 0.2) is 21.6 Å². The first-order valence-electron chi connectivity index (χ1n) is 5.98. The van der Waals surface area contributed by atoms with Gasteiger partial charge in [0.15, 0.2) is 0 Å². The van der Waals surface area contributed by atoms with Crippen LogP contribution in [0.1, 0.15) is 25.5 Å². The Morgan fingerprint density at radius 2 is 2.00 bits per heavy atom. The molecule has 1 aliphatic rings. The molecule has 5 nitrogen and oxygen atoms in total. The summed E-state index contributed by atoms with van der Waals surface area (Å²) < 4.78 is 42.5. The zero-order chi connectivity index (χ0) is 13.2. The second-order valence-corrected chi connectivity index (χ2v) is 7.82. The van der Waals surface area contributed by atoms with Crippen molar-refractivity contribution in [2.45, 2.75) is 30.6 Å². The van der Waals surface area contributed by atoms with E-state index in [0.717, 1.165) is 12.8 Å². The SMILES string of the molecule is CC[S@](=O)Cc1ccc(S(=O)(=O)N2CCCC2)o1. The Bertz CT molecular complexity index is 529. The maximum Gasteiger partial charge on any atom is 0.276 e. The van der Waals surface area contributed by atoms with Gasteiger partial charge in [0.05, 0.1) is 5.75 Å². The molecule has 18 heavy (non-hydrogen) atoms. The fourth-order valence-electron chi connectivity index (χ4n) is 1.89. The lowest BCUT2D eigenvalue weighted by atomic mass is 10.4. The van der Waals surface area contributed by atoms with E-state index in [1.807, 2.05) is 6.92 Å². The predicted molar refractivity (Wildman–Crippen MR) is 69.1 cm³/mol. The van der Waals surface area contributed by atoms with Gasteiger partial charge in [0, 0.05) is 29.6 Å². The Morgan fingerprint density at radius 1 is 1.33 bits per heavy atom. The highest BCUT2D eigenvalue weighted by Gasteiger charge is 2.29. The third kappa shape index (κ3) is 2.84. The molecule has 0 radical (unpaired) electrons. The van der Waals surface area contributed by atoms with Crippen molar-refractivity contribution in [3.8, 4) is 0 Å². The Morgan fingerprint density at radius 3 is 2.61 bits per heavy atom. The molecule has 1 aliphatic heterocycles. The third-order valence-corrected chi connectivity index (χ3v) is 5.94. The summed E-state index contributed by atoms with van der Waals surface area (Å²) in [6.45, 7) is 2.93. The molecular weight excluding hydrogens is 274 g/mol. The molecule has 1 fully saturated rings. The summed E-state index contributed by atoms with van der Waals surface area (Å²) in [6.07, 6.45) is 1.79. The zero-order valence-electron chi connectivity index (χ0n) is 10.3. The number of nitrogens with zero attached hydrogens (tertiary/aromatic N) is 1. The monoisotopic (exact) mass is 291 g/mol. The van der Waals surface area contributed by atoms with Gasteiger partial charge in [0.25, 0.3) is 10.0 Å². The molecule has 1 atom stereocenters. The molecule has 1 aromatic rings. The van der Waals surface area contributed by atoms with Gasteiger partial charge >= 0.3 is 0 Å². The molecule has 0 spiro atoms. The normalized spacial score (nSPS) is 19.2. The lowest BCUT2D eigenvalue weighted by Gasteiger charge is -2.12. The smallest absolute Gasteiger partial charge is 0.276 e. The Balaban J connectivity index is 2.16. The van der Waals surface area contributed by atoms with E-state index in [0.29, 0.717) is 24.6 Å². The lowest BCUT2D eigenvalue weighted by molar-refractivity contribution is 0.396. The van der Waals surface area contributed by atoms with Crippen molar-refractivity contribution in [2.75, 3.05) is 18.8 Å². The van der Waals surface area contributed by atoms with Crippen LogP contribution in [0, 0.1) is 0 Å². The van der Waals surface area contributed by atoms with E-state index in [4.69, 9.17) is 4.42 Å². The van der Waals surface area contributed by atoms with E-state index >= 15 is 0 Å². The molecule has 102 valence electrons. The van der Waals surface area contributed by atoms with Gasteiger partial charge in [-0.15, -0.1) is 0 Å². The van der Waals surface area contributed by atoms with Crippen LogP contribution in [0.5, 0.6) is 0 Å². The van der Waals surface area contributed by atoms with Crippen molar-refractivity contribution < 1.29 is 17.0 Å². The molecule has 0 amide bonds. The number of furan rings is 1. The number of sulfonamides is 1. The van der Waals surface area contributed by atoms with E-state index < -0.39 is 20.8 Å². The van der Waals surface area contributed by atoms with Crippen LogP contribution >= 0.6 is 0 Å². The fraction of sp³-hybridized carbons (Fsp3) is 0.636. The molecule has 0 unspecified atom stereocenters. The lowest BCUT2D eigenvalue weighted by Crippen LogP contribution is -2.27. The van der Waals surface area contributed by atoms with Gasteiger partial charge in [-0.2, -0.15) is 4.31 Å². The Labute approximate surface area is 110 Å². The highest BCUT2D eigenvalue weighted by Crippen LogP contribution is 2.23. The highest BCUT2D eigenvalue weighted by atomic mass is 32.2. The first-order valence-corrected chi connectivity index (χ1v) is 8.90. The van der Waals surface area contributed by atoms with E-state index in [1.54, 1.807) is 6.07 Å². The first-order chi connectivity index (χ1) is 8.54. The molecule has 2 rings (SSSR count). The molecule has 0 saturated carbocycles. The average molecular weight is 291 g/mol. The van der Waals surface area contributed by atoms with Crippen molar-refractivity contribution in [3.05, 3.63) is 17.9 Å². The fourth-order valence-corrected chi connectivity index (χ4v) is 4.01. The predicted octanol–water partition coefficient (Wildman–Crippen LogP) is 1.33. The van der Waals surface area contributed by atoms with E-state index in [1.165, 1.54) is 10.4 Å². The molecule has 2 heterocycles. The summed E-state index contributed by atoms with van der Waals surface area (Å²) in [4.78, 5) is 0. The van der Waals surface area contributed by atoms with Crippen LogP contribution in [-0.4, -0.2) is 35.8 Å². The standard InChI is InChI=1S/C11H17NO4S2/c1-2-17(13)9-10-5-6-11(16-10)18(14,15)12-7-3-4-8-12/h5-6H,2-4,7-9H2,1H3/t17-/m0/s1. The summed E-state index contributed by atoms with van der Waals surface area (Å²) in [5.41, 5.74) is 0. The largest absolute Gasteiger partial charge is 0.447 e. The van der Waals surface area contributed by atoms with Crippen molar-refractivity contribution >= 4 is 20.8 Å². The van der Waals surface area contributed by atoms with Crippen LogP contribution in [0.3, 0.4) is 0 Å². The topological polar surface area (TPSA) is 67.6 Å². The number of hydrogen-bond donors (Lipinski definition) is 0. The van der Waals surface area contributed by atoms with Gasteiger partial charge in [0.2, 0.25) is 5.09 Å². The van der Waals surface area contributed by atoms with Crippen LogP contribution in [0.25, 0.3) is 0 Å². The van der Waals surface area contributed by atoms with Crippen molar-refractivity contribution in [1.82, 2.24) is 4.31 Å². The molecule has 0 aromatic carbocycles. The minimum atomic E-state index is -3.49. The third-order valence-electron chi connectivity index (χ3n) is 2.92. The minimum Gasteiger partial charge on any atom is -0.447 e. The molecule has 0 bridgehead atoms. The zero-order valence-corrected chi connectivity index (χ0v) is 11.9. The van der Waals surface area contributed by atoms with E-state index in [2.05, 4.69) is 0 Å². The summed E-state index contributed by atoms with van der Waals surface area (Å²) in [5.74, 6) is 1.27. The average Bonchev–Trinajstić information content (AvgIpc) is 2.99. The minimum absolute atomic E-state index is 0.0347. The maximum atomic E-state index is 12.2. The second kappa shape index (κ2) is 5.54. The molecule has 7 heteroatoms. The van der Waals surface area contributed by atoms with Gasteiger partial charge in [-0.3, -0.25) is 4.21 Å². The Kier molecular flexibility index (Phi) is 4.24. The van der Waals surface area contributed by atoms with Crippen molar-refractivity contribution in [3.63, 3.8) is 0 Å². The summed E-state index contributed by atoms with van der Waals surface area (Å²) in [7, 11) is -4.49. The van der Waals surface area contributed by atoms with Crippen LogP contribution in [0.2, 0.25) is 0 Å². The van der Waals surface area contributed by atoms with Crippen LogP contribution in [-0.2, 0) is 26.6 Å². The molecular formula is C11H17NO4S2. The number of rotatable bonds is 5. The van der Waals surface area contributed by atoms with E-state index in [-0.39, 0.29) is 10.8 Å². The van der Waals surface area contributed by atoms with Crippen LogP contribution < -0.4 is 0 Å². The molecule has 1 aromatic heterocycles. The molecule has 0 aliphatic carbocycles. The maximum absolute atomic E-state index is 12.2.